The summed E-state index contributed by atoms with van der Waals surface area (Å²) in [6.07, 6.45) is 3.17. The third kappa shape index (κ3) is 6.73. The Balaban J connectivity index is 1.35. The van der Waals surface area contributed by atoms with E-state index in [0.29, 0.717) is 39.3 Å². The molecule has 4 aromatic rings. The maximum Gasteiger partial charge on any atom is 0.244 e. The van der Waals surface area contributed by atoms with Gasteiger partial charge in [0.15, 0.2) is 0 Å². The van der Waals surface area contributed by atoms with E-state index in [2.05, 4.69) is 10.3 Å². The summed E-state index contributed by atoms with van der Waals surface area (Å²) in [4.78, 5) is 16.7. The van der Waals surface area contributed by atoms with Crippen molar-refractivity contribution in [2.75, 3.05) is 18.9 Å². The number of fused-ring (bicyclic) bond motifs is 1. The van der Waals surface area contributed by atoms with Crippen LogP contribution in [0.3, 0.4) is 0 Å². The summed E-state index contributed by atoms with van der Waals surface area (Å²) in [5.74, 6) is 0.877. The fourth-order valence-corrected chi connectivity index (χ4v) is 4.23. The number of amides is 1. The van der Waals surface area contributed by atoms with Crippen molar-refractivity contribution >= 4 is 51.8 Å². The second-order valence-corrected chi connectivity index (χ2v) is 9.28. The SMILES string of the molecule is Cc1ccc2c(C)ccc(OCc3c(Cl)ccc(OCCNC(=O)C=Cc4ccc(N)cc4)c3Cl)c2n1. The molecule has 37 heavy (non-hydrogen) atoms. The number of aryl methyl sites for hydroxylation is 2. The molecule has 0 saturated heterocycles. The molecule has 0 unspecified atom stereocenters. The Labute approximate surface area is 226 Å². The predicted molar refractivity (Wildman–Crippen MR) is 150 cm³/mol. The van der Waals surface area contributed by atoms with E-state index in [-0.39, 0.29) is 19.1 Å². The number of aromatic nitrogens is 1. The largest absolute Gasteiger partial charge is 0.490 e. The monoisotopic (exact) mass is 535 g/mol. The lowest BCUT2D eigenvalue weighted by Gasteiger charge is -2.15. The molecule has 0 aliphatic heterocycles. The molecule has 6 nitrogen and oxygen atoms in total. The molecule has 0 saturated carbocycles. The summed E-state index contributed by atoms with van der Waals surface area (Å²) in [5.41, 5.74) is 10.6. The van der Waals surface area contributed by atoms with Crippen LogP contribution >= 0.6 is 23.2 Å². The van der Waals surface area contributed by atoms with E-state index in [1.807, 2.05) is 50.2 Å². The number of pyridine rings is 1. The van der Waals surface area contributed by atoms with Crippen LogP contribution in [0.2, 0.25) is 10.0 Å². The van der Waals surface area contributed by atoms with Crippen molar-refractivity contribution in [2.45, 2.75) is 20.5 Å². The Morgan fingerprint density at radius 1 is 0.973 bits per heavy atom. The first-order chi connectivity index (χ1) is 17.8. The van der Waals surface area contributed by atoms with Gasteiger partial charge in [-0.1, -0.05) is 47.5 Å². The highest BCUT2D eigenvalue weighted by atomic mass is 35.5. The first kappa shape index (κ1) is 26.3. The van der Waals surface area contributed by atoms with Crippen LogP contribution in [0.4, 0.5) is 5.69 Å². The lowest BCUT2D eigenvalue weighted by atomic mass is 10.1. The van der Waals surface area contributed by atoms with Crippen molar-refractivity contribution in [3.05, 3.63) is 99.2 Å². The molecule has 0 spiro atoms. The van der Waals surface area contributed by atoms with Crippen molar-refractivity contribution in [2.24, 2.45) is 0 Å². The summed E-state index contributed by atoms with van der Waals surface area (Å²) < 4.78 is 11.9. The molecule has 3 aromatic carbocycles. The number of nitrogen functional groups attached to an aromatic ring is 1. The van der Waals surface area contributed by atoms with E-state index < -0.39 is 0 Å². The van der Waals surface area contributed by atoms with Gasteiger partial charge in [0.1, 0.15) is 30.2 Å². The van der Waals surface area contributed by atoms with Crippen molar-refractivity contribution in [3.8, 4) is 11.5 Å². The number of anilines is 1. The van der Waals surface area contributed by atoms with Gasteiger partial charge in [-0.05, 0) is 67.4 Å². The van der Waals surface area contributed by atoms with E-state index in [4.69, 9.17) is 38.4 Å². The van der Waals surface area contributed by atoms with Crippen LogP contribution < -0.4 is 20.5 Å². The number of rotatable bonds is 9. The third-order valence-electron chi connectivity index (χ3n) is 5.72. The number of nitrogens with one attached hydrogen (secondary N) is 1. The highest BCUT2D eigenvalue weighted by molar-refractivity contribution is 6.36. The molecule has 0 fully saturated rings. The number of carbonyl (C=O) groups is 1. The van der Waals surface area contributed by atoms with Crippen molar-refractivity contribution in [3.63, 3.8) is 0 Å². The Morgan fingerprint density at radius 3 is 2.51 bits per heavy atom. The molecule has 0 radical (unpaired) electrons. The molecule has 3 N–H and O–H groups in total. The van der Waals surface area contributed by atoms with E-state index in [1.165, 1.54) is 6.08 Å². The number of nitrogens with two attached hydrogens (primary N) is 1. The van der Waals surface area contributed by atoms with Crippen LogP contribution in [0.1, 0.15) is 22.4 Å². The average molecular weight is 536 g/mol. The Bertz CT molecular complexity index is 1450. The third-order valence-corrected chi connectivity index (χ3v) is 6.49. The zero-order valence-electron chi connectivity index (χ0n) is 20.6. The standard InChI is InChI=1S/C29H27Cl2N3O3/c1-18-3-12-26(29-22(18)10-4-19(2)34-29)37-17-23-24(30)11-13-25(28(23)31)36-16-15-33-27(35)14-7-20-5-8-21(32)9-6-20/h3-14H,15-17,32H2,1-2H3,(H,33,35). The Hall–Kier alpha value is -3.74. The van der Waals surface area contributed by atoms with Crippen LogP contribution in [0.15, 0.2) is 66.7 Å². The fourth-order valence-electron chi connectivity index (χ4n) is 3.69. The molecule has 1 heterocycles. The number of ether oxygens (including phenoxy) is 2. The van der Waals surface area contributed by atoms with Gasteiger partial charge in [-0.2, -0.15) is 0 Å². The highest BCUT2D eigenvalue weighted by Crippen LogP contribution is 2.35. The van der Waals surface area contributed by atoms with Gasteiger partial charge in [-0.25, -0.2) is 4.98 Å². The summed E-state index contributed by atoms with van der Waals surface area (Å²) in [6.45, 7) is 4.66. The molecule has 0 aliphatic carbocycles. The van der Waals surface area contributed by atoms with Crippen molar-refractivity contribution < 1.29 is 14.3 Å². The lowest BCUT2D eigenvalue weighted by molar-refractivity contribution is -0.116. The topological polar surface area (TPSA) is 86.5 Å². The maximum atomic E-state index is 12.1. The molecule has 4 rings (SSSR count). The van der Waals surface area contributed by atoms with Crippen molar-refractivity contribution in [1.29, 1.82) is 0 Å². The second-order valence-electron chi connectivity index (χ2n) is 8.50. The zero-order chi connectivity index (χ0) is 26.4. The zero-order valence-corrected chi connectivity index (χ0v) is 22.1. The Kier molecular flexibility index (Phi) is 8.54. The average Bonchev–Trinajstić information content (AvgIpc) is 2.88. The van der Waals surface area contributed by atoms with E-state index in [0.717, 1.165) is 27.7 Å². The molecule has 0 aliphatic rings. The smallest absolute Gasteiger partial charge is 0.244 e. The number of hydrogen-bond donors (Lipinski definition) is 2. The van der Waals surface area contributed by atoms with E-state index in [9.17, 15) is 4.79 Å². The summed E-state index contributed by atoms with van der Waals surface area (Å²) in [7, 11) is 0. The highest BCUT2D eigenvalue weighted by Gasteiger charge is 2.14. The molecule has 8 heteroatoms. The molecule has 1 aromatic heterocycles. The number of halogens is 2. The minimum Gasteiger partial charge on any atom is -0.490 e. The lowest BCUT2D eigenvalue weighted by Crippen LogP contribution is -2.26. The van der Waals surface area contributed by atoms with Gasteiger partial charge in [-0.3, -0.25) is 4.79 Å². The molecule has 190 valence electrons. The quantitative estimate of drug-likeness (QED) is 0.144. The van der Waals surface area contributed by atoms with Crippen LogP contribution in [-0.4, -0.2) is 24.0 Å². The number of nitrogens with zero attached hydrogens (tertiary/aromatic N) is 1. The number of hydrogen-bond acceptors (Lipinski definition) is 5. The normalized spacial score (nSPS) is 11.1. The maximum absolute atomic E-state index is 12.1. The van der Waals surface area contributed by atoms with Gasteiger partial charge >= 0.3 is 0 Å². The molecular weight excluding hydrogens is 509 g/mol. The van der Waals surface area contributed by atoms with Gasteiger partial charge in [-0.15, -0.1) is 0 Å². The van der Waals surface area contributed by atoms with Crippen LogP contribution in [0.25, 0.3) is 17.0 Å². The van der Waals surface area contributed by atoms with Gasteiger partial charge < -0.3 is 20.5 Å². The van der Waals surface area contributed by atoms with Gasteiger partial charge in [0.2, 0.25) is 5.91 Å². The predicted octanol–water partition coefficient (Wildman–Crippen LogP) is 6.53. The first-order valence-electron chi connectivity index (χ1n) is 11.7. The summed E-state index contributed by atoms with van der Waals surface area (Å²) in [5, 5.41) is 4.64. The van der Waals surface area contributed by atoms with E-state index in [1.54, 1.807) is 30.3 Å². The minimum atomic E-state index is -0.231. The molecular formula is C29H27Cl2N3O3. The Morgan fingerprint density at radius 2 is 1.73 bits per heavy atom. The van der Waals surface area contributed by atoms with E-state index >= 15 is 0 Å². The number of benzene rings is 3. The number of carbonyl (C=O) groups excluding carboxylic acids is 1. The van der Waals surface area contributed by atoms with Crippen LogP contribution in [0, 0.1) is 13.8 Å². The molecule has 0 bridgehead atoms. The molecule has 1 amide bonds. The van der Waals surface area contributed by atoms with Gasteiger partial charge in [0.25, 0.3) is 0 Å². The van der Waals surface area contributed by atoms with Gasteiger partial charge in [0, 0.05) is 33.4 Å². The van der Waals surface area contributed by atoms with Gasteiger partial charge in [0.05, 0.1) is 11.6 Å². The fraction of sp³-hybridized carbons (Fsp3) is 0.172. The van der Waals surface area contributed by atoms with Crippen molar-refractivity contribution in [1.82, 2.24) is 10.3 Å². The summed E-state index contributed by atoms with van der Waals surface area (Å²) in [6, 6.07) is 18.6. The summed E-state index contributed by atoms with van der Waals surface area (Å²) >= 11 is 13.0. The van der Waals surface area contributed by atoms with Crippen LogP contribution in [0.5, 0.6) is 11.5 Å². The molecule has 0 atom stereocenters. The minimum absolute atomic E-state index is 0.148. The second kappa shape index (κ2) is 12.0. The first-order valence-corrected chi connectivity index (χ1v) is 12.5. The van der Waals surface area contributed by atoms with Crippen LogP contribution in [-0.2, 0) is 11.4 Å².